The average molecular weight is 1310 g/mol. The zero-order valence-electron chi connectivity index (χ0n) is 49.2. The van der Waals surface area contributed by atoms with Gasteiger partial charge >= 0.3 is 10.4 Å². The fraction of sp³-hybridized carbons (Fsp3) is 0.483. The lowest BCUT2D eigenvalue weighted by atomic mass is 9.95. The lowest BCUT2D eigenvalue weighted by Gasteiger charge is -2.39. The van der Waals surface area contributed by atoms with Gasteiger partial charge in [-0.05, 0) is 66.4 Å². The predicted octanol–water partition coefficient (Wildman–Crippen LogP) is -0.183. The molecule has 31 nitrogen and oxygen atoms in total. The summed E-state index contributed by atoms with van der Waals surface area (Å²) < 4.78 is 87.6. The smallest absolute Gasteiger partial charge is 0.497 e. The quantitative estimate of drug-likeness (QED) is 0.0183. The van der Waals surface area contributed by atoms with Crippen molar-refractivity contribution in [1.29, 1.82) is 0 Å². The van der Waals surface area contributed by atoms with E-state index in [0.717, 1.165) is 17.0 Å². The van der Waals surface area contributed by atoms with Crippen LogP contribution in [0.1, 0.15) is 57.8 Å². The number of H-pyrrole nitrogens is 1. The zero-order valence-corrected chi connectivity index (χ0v) is 50.8. The van der Waals surface area contributed by atoms with E-state index in [-0.39, 0.29) is 123 Å². The van der Waals surface area contributed by atoms with Gasteiger partial charge in [-0.15, -0.1) is 25.1 Å². The van der Waals surface area contributed by atoms with Crippen molar-refractivity contribution in [2.75, 3.05) is 84.4 Å². The number of imide groups is 1. The van der Waals surface area contributed by atoms with Crippen LogP contribution in [-0.4, -0.2) is 244 Å². The number of aromatic nitrogens is 4. The summed E-state index contributed by atoms with van der Waals surface area (Å²) in [5.41, 5.74) is 1.52. The molecule has 0 saturated carbocycles. The third-order valence-corrected chi connectivity index (χ3v) is 16.8. The van der Waals surface area contributed by atoms with Gasteiger partial charge < -0.3 is 102 Å². The molecule has 0 spiro atoms. The molecule has 4 amide bonds. The van der Waals surface area contributed by atoms with Crippen LogP contribution >= 0.6 is 11.6 Å². The number of nitrogens with zero attached hydrogens (tertiary/aromatic N) is 6. The highest BCUT2D eigenvalue weighted by Crippen LogP contribution is 2.48. The molecule has 0 aliphatic carbocycles. The Morgan fingerprint density at radius 3 is 2.11 bits per heavy atom. The number of fused-ring (bicyclic) bond motifs is 4. The second-order valence-corrected chi connectivity index (χ2v) is 23.1. The number of rotatable bonds is 27. The summed E-state index contributed by atoms with van der Waals surface area (Å²) in [6.07, 6.45) is -14.5. The van der Waals surface area contributed by atoms with Crippen LogP contribution in [0.15, 0.2) is 66.9 Å². The van der Waals surface area contributed by atoms with Crippen LogP contribution in [0, 0.1) is 0 Å². The van der Waals surface area contributed by atoms with E-state index in [1.807, 2.05) is 0 Å². The molecule has 11 atom stereocenters. The molecule has 0 unspecified atom stereocenters. The number of hydrogen-bond donors (Lipinski definition) is 9. The summed E-state index contributed by atoms with van der Waals surface area (Å²) >= 11 is 6.64. The number of ether oxygens (including phenoxy) is 8. The number of anilines is 1. The minimum absolute atomic E-state index is 0.00251. The molecule has 0 bridgehead atoms. The van der Waals surface area contributed by atoms with Gasteiger partial charge in [0.15, 0.2) is 28.7 Å². The van der Waals surface area contributed by atoms with Crippen molar-refractivity contribution in [3.8, 4) is 34.5 Å². The number of carbonyl (C=O) groups is 4. The highest BCUT2D eigenvalue weighted by Gasteiger charge is 2.47. The number of carbonyl (C=O) groups excluding carboxylic acids is 4. The Morgan fingerprint density at radius 1 is 0.769 bits per heavy atom. The Kier molecular flexibility index (Phi) is 20.8. The first-order valence-corrected chi connectivity index (χ1v) is 30.7. The minimum atomic E-state index is -5.36. The van der Waals surface area contributed by atoms with Gasteiger partial charge in [0.2, 0.25) is 24.4 Å². The standard InChI is InChI=1S/C58H68ClN7O24S/c1-4-84-41-19-30-17-37(60-36(30)21-42(41)86-58-54(76)52(74)50(72)45(27-68)88-58)56(78)65-24-31(23-59)48-35-20-33(81-3)6-7-34(35)40(22-38(48)65)89-91(79,80)90-43-18-29(5-8-39(43)85-57-53(75)51(73)49(71)44(26-67)87-57)55(77)63(2)12-15-82-16-13-64-25-32(61-62-64)11-14-83-28-66-46(69)9-10-47(66)70/h5-8,17-22,25,31,44-45,49-54,57-58,60,67-68,71-76H,4,9-16,23-24,26-28H2,1-3H3/t31-,44-,45-,49+,50+,51+,52+,53-,54-,57-,58-/m1/s1. The van der Waals surface area contributed by atoms with E-state index in [9.17, 15) is 68.4 Å². The van der Waals surface area contributed by atoms with Crippen LogP contribution in [0.3, 0.4) is 0 Å². The maximum absolute atomic E-state index is 14.9. The van der Waals surface area contributed by atoms with Gasteiger partial charge in [-0.1, -0.05) is 5.21 Å². The average Bonchev–Trinajstić information content (AvgIpc) is 1.64. The second kappa shape index (κ2) is 28.5. The fourth-order valence-corrected chi connectivity index (χ4v) is 11.8. The molecule has 10 rings (SSSR count). The molecule has 33 heteroatoms. The number of halogens is 1. The summed E-state index contributed by atoms with van der Waals surface area (Å²) in [7, 11) is -2.48. The molecule has 4 aliphatic rings. The molecule has 9 N–H and O–H groups in total. The third-order valence-electron chi connectivity index (χ3n) is 15.7. The second-order valence-electron chi connectivity index (χ2n) is 21.7. The van der Waals surface area contributed by atoms with Crippen LogP contribution in [0.25, 0.3) is 21.7 Å². The molecule has 3 fully saturated rings. The Morgan fingerprint density at radius 2 is 1.45 bits per heavy atom. The van der Waals surface area contributed by atoms with E-state index in [2.05, 4.69) is 15.3 Å². The minimum Gasteiger partial charge on any atom is -0.497 e. The van der Waals surface area contributed by atoms with Gasteiger partial charge in [-0.25, -0.2) is 4.68 Å². The van der Waals surface area contributed by atoms with E-state index in [1.54, 1.807) is 36.0 Å². The van der Waals surface area contributed by atoms with Crippen LogP contribution in [-0.2, 0) is 51.9 Å². The van der Waals surface area contributed by atoms with Gasteiger partial charge in [0.25, 0.3) is 11.8 Å². The van der Waals surface area contributed by atoms with Gasteiger partial charge in [-0.3, -0.25) is 24.1 Å². The topological polar surface area (TPSA) is 413 Å². The van der Waals surface area contributed by atoms with E-state index in [0.29, 0.717) is 39.7 Å². The van der Waals surface area contributed by atoms with Crippen molar-refractivity contribution in [2.45, 2.75) is 100 Å². The van der Waals surface area contributed by atoms with Crippen LogP contribution in [0.5, 0.6) is 34.5 Å². The normalized spacial score (nSPS) is 24.2. The monoisotopic (exact) mass is 1310 g/mol. The van der Waals surface area contributed by atoms with Crippen molar-refractivity contribution >= 4 is 73.0 Å². The van der Waals surface area contributed by atoms with Crippen LogP contribution in [0.4, 0.5) is 5.69 Å². The van der Waals surface area contributed by atoms with E-state index < -0.39 is 114 Å². The number of aliphatic hydroxyl groups is 8. The number of aromatic amines is 1. The highest BCUT2D eigenvalue weighted by atomic mass is 35.5. The SMILES string of the molecule is CCOc1cc2cc(C(=O)N3C[C@@H](CCl)c4c3cc(OS(=O)(=O)Oc3cc(C(=O)N(C)CCOCCn5cc(CCOCN6C(=O)CCC6=O)nn5)ccc3O[C@@H]3O[C@H](CO)[C@H](O)[C@H](O)[C@H]3O)c3ccc(OC)cc43)[nH]c2cc1O[C@@H]1O[C@H](CO)[C@H](O)[C@H](O)[C@H]1O. The zero-order chi connectivity index (χ0) is 65.0. The van der Waals surface area contributed by atoms with Crippen LogP contribution < -0.4 is 32.2 Å². The number of hydrogen-bond acceptors (Lipinski definition) is 26. The summed E-state index contributed by atoms with van der Waals surface area (Å²) in [5.74, 6) is -3.43. The fourth-order valence-electron chi connectivity index (χ4n) is 10.8. The number of alkyl halides is 1. The number of benzene rings is 4. The number of amides is 4. The molecule has 3 saturated heterocycles. The van der Waals surface area contributed by atoms with Gasteiger partial charge in [0.05, 0.1) is 64.7 Å². The Bertz CT molecular complexity index is 3720. The lowest BCUT2D eigenvalue weighted by molar-refractivity contribution is -0.277. The maximum Gasteiger partial charge on any atom is 0.501 e. The largest absolute Gasteiger partial charge is 0.501 e. The summed E-state index contributed by atoms with van der Waals surface area (Å²) in [5, 5.41) is 92.4. The number of aliphatic hydroxyl groups excluding tert-OH is 8. The number of methoxy groups -OCH3 is 1. The molecule has 6 heterocycles. The number of likely N-dealkylation sites (N-methyl/N-ethyl adjacent to an activating group) is 1. The van der Waals surface area contributed by atoms with Crippen molar-refractivity contribution in [1.82, 2.24) is 29.8 Å². The molecular weight excluding hydrogens is 1250 g/mol. The third kappa shape index (κ3) is 14.4. The highest BCUT2D eigenvalue weighted by molar-refractivity contribution is 7.82. The molecule has 6 aromatic rings. The van der Waals surface area contributed by atoms with Crippen LogP contribution in [0.2, 0.25) is 0 Å². The Hall–Kier alpha value is -7.54. The van der Waals surface area contributed by atoms with E-state index in [1.165, 1.54) is 54.3 Å². The van der Waals surface area contributed by atoms with E-state index >= 15 is 0 Å². The molecule has 2 aromatic heterocycles. The molecule has 4 aromatic carbocycles. The first kappa shape index (κ1) is 66.4. The lowest BCUT2D eigenvalue weighted by Crippen LogP contribution is -2.60. The maximum atomic E-state index is 14.9. The molecule has 492 valence electrons. The summed E-state index contributed by atoms with van der Waals surface area (Å²) in [4.78, 5) is 59.3. The first-order valence-electron chi connectivity index (χ1n) is 28.8. The number of likely N-dealkylation sites (tertiary alicyclic amines) is 1. The molecule has 0 radical (unpaired) electrons. The van der Waals surface area contributed by atoms with Crippen molar-refractivity contribution < 1.29 is 115 Å². The van der Waals surface area contributed by atoms with Gasteiger partial charge in [0.1, 0.15) is 67.0 Å². The van der Waals surface area contributed by atoms with E-state index in [4.69, 9.17) is 57.9 Å². The first-order chi connectivity index (χ1) is 43.6. The van der Waals surface area contributed by atoms with Gasteiger partial charge in [0, 0.05) is 91.4 Å². The van der Waals surface area contributed by atoms with Crippen molar-refractivity contribution in [2.24, 2.45) is 0 Å². The van der Waals surface area contributed by atoms with Gasteiger partial charge in [-0.2, -0.15) is 0 Å². The molecule has 4 aliphatic heterocycles. The predicted molar refractivity (Wildman–Crippen MR) is 314 cm³/mol. The summed E-state index contributed by atoms with van der Waals surface area (Å²) in [6, 6.07) is 13.9. The molecular formula is C58H68ClN7O24S. The number of nitrogens with one attached hydrogen (secondary N) is 1. The molecule has 91 heavy (non-hydrogen) atoms. The summed E-state index contributed by atoms with van der Waals surface area (Å²) in [6.45, 7) is 0.889. The Labute approximate surface area is 523 Å². The van der Waals surface area contributed by atoms with Crippen molar-refractivity contribution in [3.63, 3.8) is 0 Å². The van der Waals surface area contributed by atoms with Crippen molar-refractivity contribution in [3.05, 3.63) is 89.4 Å². The Balaban J connectivity index is 0.879.